The van der Waals surface area contributed by atoms with Gasteiger partial charge in [-0.25, -0.2) is 0 Å². The van der Waals surface area contributed by atoms with Gasteiger partial charge < -0.3 is 15.3 Å². The van der Waals surface area contributed by atoms with E-state index < -0.39 is 0 Å². The van der Waals surface area contributed by atoms with Crippen molar-refractivity contribution in [2.45, 2.75) is 0 Å². The summed E-state index contributed by atoms with van der Waals surface area (Å²) >= 11 is 0. The molecule has 1 N–H and O–H groups in total. The summed E-state index contributed by atoms with van der Waals surface area (Å²) in [6, 6.07) is 1.72. The first-order chi connectivity index (χ1) is 3.80. The lowest BCUT2D eigenvalue weighted by Gasteiger charge is -2.22. The third-order valence-electron chi connectivity index (χ3n) is 0.945. The summed E-state index contributed by atoms with van der Waals surface area (Å²) in [5.41, 5.74) is 0.657. The number of aromatic amines is 1. The van der Waals surface area contributed by atoms with Gasteiger partial charge in [0.2, 0.25) is 0 Å². The van der Waals surface area contributed by atoms with Crippen LogP contribution in [0, 0.1) is 5.21 Å². The van der Waals surface area contributed by atoms with Gasteiger partial charge in [0.15, 0.2) is 0 Å². The molecule has 0 aliphatic heterocycles. The summed E-state index contributed by atoms with van der Waals surface area (Å²) in [4.78, 5) is 2.77. The van der Waals surface area contributed by atoms with Crippen molar-refractivity contribution >= 4 is 5.69 Å². The number of rotatable bonds is 1. The molecule has 0 fully saturated rings. The summed E-state index contributed by atoms with van der Waals surface area (Å²) in [7, 11) is 1.46. The average molecular weight is 111 g/mol. The van der Waals surface area contributed by atoms with E-state index in [1.54, 1.807) is 18.5 Å². The van der Waals surface area contributed by atoms with E-state index in [9.17, 15) is 5.21 Å². The molecule has 1 aromatic heterocycles. The van der Waals surface area contributed by atoms with Crippen LogP contribution in [0.3, 0.4) is 0 Å². The normalized spacial score (nSPS) is 9.25. The zero-order chi connectivity index (χ0) is 5.98. The number of anilines is 1. The van der Waals surface area contributed by atoms with Crippen molar-refractivity contribution < 1.29 is 0 Å². The van der Waals surface area contributed by atoms with Crippen molar-refractivity contribution in [2.75, 3.05) is 12.1 Å². The van der Waals surface area contributed by atoms with Gasteiger partial charge in [-0.15, -0.1) is 0 Å². The Morgan fingerprint density at radius 3 is 2.75 bits per heavy atom. The van der Waals surface area contributed by atoms with Crippen LogP contribution < -0.4 is 5.06 Å². The maximum absolute atomic E-state index is 10.4. The monoisotopic (exact) mass is 111 g/mol. The smallest absolute Gasteiger partial charge is 0.0434 e. The number of hydrogen-bond donors (Lipinski definition) is 1. The largest absolute Gasteiger partial charge is 0.758 e. The van der Waals surface area contributed by atoms with Crippen molar-refractivity contribution in [3.8, 4) is 0 Å². The van der Waals surface area contributed by atoms with Gasteiger partial charge in [0, 0.05) is 18.1 Å². The van der Waals surface area contributed by atoms with E-state index in [0.717, 1.165) is 5.06 Å². The van der Waals surface area contributed by atoms with Gasteiger partial charge in [-0.2, -0.15) is 0 Å². The van der Waals surface area contributed by atoms with Crippen LogP contribution in [0.25, 0.3) is 0 Å². The first-order valence-corrected chi connectivity index (χ1v) is 2.34. The second kappa shape index (κ2) is 1.88. The predicted octanol–water partition coefficient (Wildman–Crippen LogP) is 0.949. The molecular weight excluding hydrogens is 104 g/mol. The molecule has 0 aliphatic rings. The molecule has 3 nitrogen and oxygen atoms in total. The minimum absolute atomic E-state index is 0.657. The van der Waals surface area contributed by atoms with Crippen LogP contribution in [-0.4, -0.2) is 12.0 Å². The number of hydroxylamine groups is 1. The molecule has 8 heavy (non-hydrogen) atoms. The average Bonchev–Trinajstić information content (AvgIpc) is 2.12. The third-order valence-corrected chi connectivity index (χ3v) is 0.945. The molecule has 0 saturated heterocycles. The first-order valence-electron chi connectivity index (χ1n) is 2.34. The molecule has 0 atom stereocenters. The van der Waals surface area contributed by atoms with Crippen LogP contribution in [0.1, 0.15) is 0 Å². The number of nitrogens with zero attached hydrogens (tertiary/aromatic N) is 1. The third kappa shape index (κ3) is 0.816. The SMILES string of the molecule is CN([O-])c1cc[nH]c1. The number of hydrogen-bond acceptors (Lipinski definition) is 2. The summed E-state index contributed by atoms with van der Waals surface area (Å²) in [5.74, 6) is 0. The minimum atomic E-state index is 0.657. The molecule has 0 aromatic carbocycles. The number of H-pyrrole nitrogens is 1. The van der Waals surface area contributed by atoms with E-state index in [2.05, 4.69) is 4.98 Å². The fraction of sp³-hybridized carbons (Fsp3) is 0.200. The number of nitrogens with one attached hydrogen (secondary N) is 1. The summed E-state index contributed by atoms with van der Waals surface area (Å²) in [5, 5.41) is 11.2. The van der Waals surface area contributed by atoms with Crippen molar-refractivity contribution in [3.05, 3.63) is 23.7 Å². The maximum Gasteiger partial charge on any atom is 0.0434 e. The Labute approximate surface area is 47.5 Å². The Balaban J connectivity index is 2.77. The zero-order valence-corrected chi connectivity index (χ0v) is 4.59. The van der Waals surface area contributed by atoms with Crippen LogP contribution in [0.2, 0.25) is 0 Å². The van der Waals surface area contributed by atoms with Gasteiger partial charge in [-0.05, 0) is 13.1 Å². The molecule has 1 rings (SSSR count). The van der Waals surface area contributed by atoms with E-state index in [0.29, 0.717) is 5.69 Å². The van der Waals surface area contributed by atoms with Crippen molar-refractivity contribution in [2.24, 2.45) is 0 Å². The van der Waals surface area contributed by atoms with Crippen LogP contribution in [0.4, 0.5) is 5.69 Å². The van der Waals surface area contributed by atoms with Crippen LogP contribution in [-0.2, 0) is 0 Å². The summed E-state index contributed by atoms with van der Waals surface area (Å²) in [6.45, 7) is 0. The summed E-state index contributed by atoms with van der Waals surface area (Å²) < 4.78 is 0. The maximum atomic E-state index is 10.4. The van der Waals surface area contributed by atoms with Crippen molar-refractivity contribution in [3.63, 3.8) is 0 Å². The standard InChI is InChI=1S/C5H7N2O/c1-7(8)5-2-3-6-4-5/h2-4,6H,1H3/q-1. The first kappa shape index (κ1) is 5.18. The Bertz CT molecular complexity index is 145. The molecule has 0 amide bonds. The van der Waals surface area contributed by atoms with E-state index in [1.165, 1.54) is 7.05 Å². The van der Waals surface area contributed by atoms with E-state index in [1.807, 2.05) is 0 Å². The van der Waals surface area contributed by atoms with Crippen LogP contribution in [0.5, 0.6) is 0 Å². The molecule has 1 heterocycles. The molecule has 3 heteroatoms. The van der Waals surface area contributed by atoms with Crippen LogP contribution in [0.15, 0.2) is 18.5 Å². The highest BCUT2D eigenvalue weighted by Gasteiger charge is 1.84. The fourth-order valence-corrected chi connectivity index (χ4v) is 0.511. The zero-order valence-electron chi connectivity index (χ0n) is 4.59. The fourth-order valence-electron chi connectivity index (χ4n) is 0.511. The molecule has 0 unspecified atom stereocenters. The van der Waals surface area contributed by atoms with Gasteiger partial charge in [-0.1, -0.05) is 0 Å². The molecule has 0 spiro atoms. The van der Waals surface area contributed by atoms with Gasteiger partial charge in [0.05, 0.1) is 0 Å². The van der Waals surface area contributed by atoms with Crippen LogP contribution >= 0.6 is 0 Å². The molecule has 0 aliphatic carbocycles. The molecule has 44 valence electrons. The lowest BCUT2D eigenvalue weighted by Crippen LogP contribution is -2.03. The Hall–Kier alpha value is -0.960. The second-order valence-electron chi connectivity index (χ2n) is 1.57. The lowest BCUT2D eigenvalue weighted by atomic mass is 10.5. The van der Waals surface area contributed by atoms with Crippen molar-refractivity contribution in [1.29, 1.82) is 0 Å². The Kier molecular flexibility index (Phi) is 1.22. The van der Waals surface area contributed by atoms with E-state index >= 15 is 0 Å². The van der Waals surface area contributed by atoms with Gasteiger partial charge in [0.25, 0.3) is 0 Å². The van der Waals surface area contributed by atoms with Gasteiger partial charge in [-0.3, -0.25) is 0 Å². The summed E-state index contributed by atoms with van der Waals surface area (Å²) in [6.07, 6.45) is 3.36. The molecule has 0 saturated carbocycles. The Morgan fingerprint density at radius 1 is 1.75 bits per heavy atom. The highest BCUT2D eigenvalue weighted by Crippen LogP contribution is 2.06. The molecular formula is C5H7N2O-. The second-order valence-corrected chi connectivity index (χ2v) is 1.57. The predicted molar refractivity (Wildman–Crippen MR) is 32.6 cm³/mol. The highest BCUT2D eigenvalue weighted by molar-refractivity contribution is 5.43. The van der Waals surface area contributed by atoms with Gasteiger partial charge in [0.1, 0.15) is 0 Å². The van der Waals surface area contributed by atoms with E-state index in [4.69, 9.17) is 0 Å². The molecule has 0 radical (unpaired) electrons. The highest BCUT2D eigenvalue weighted by atomic mass is 16.5. The Morgan fingerprint density at radius 2 is 2.50 bits per heavy atom. The topological polar surface area (TPSA) is 42.1 Å². The van der Waals surface area contributed by atoms with Crippen molar-refractivity contribution in [1.82, 2.24) is 4.98 Å². The number of aromatic nitrogens is 1. The van der Waals surface area contributed by atoms with Gasteiger partial charge >= 0.3 is 0 Å². The lowest BCUT2D eigenvalue weighted by molar-refractivity contribution is 1.22. The molecule has 1 aromatic rings. The molecule has 0 bridgehead atoms. The van der Waals surface area contributed by atoms with E-state index in [-0.39, 0.29) is 0 Å². The minimum Gasteiger partial charge on any atom is -0.758 e. The quantitative estimate of drug-likeness (QED) is 0.548.